The Kier molecular flexibility index (Phi) is 5.39. The fraction of sp³-hybridized carbons (Fsp3) is 0.300. The molecule has 1 aliphatic rings. The third kappa shape index (κ3) is 4.02. The summed E-state index contributed by atoms with van der Waals surface area (Å²) in [5.74, 6) is -0.316. The van der Waals surface area contributed by atoms with Crippen molar-refractivity contribution >= 4 is 34.8 Å². The van der Waals surface area contributed by atoms with E-state index in [2.05, 4.69) is 16.7 Å². The number of anilines is 2. The lowest BCUT2D eigenvalue weighted by atomic mass is 9.82. The Labute approximate surface area is 152 Å². The normalized spacial score (nSPS) is 16.0. The highest BCUT2D eigenvalue weighted by Gasteiger charge is 2.26. The molecule has 0 bridgehead atoms. The number of fused-ring (bicyclic) bond motifs is 1. The van der Waals surface area contributed by atoms with Crippen LogP contribution in [0.4, 0.5) is 11.4 Å². The van der Waals surface area contributed by atoms with Crippen LogP contribution in [0.5, 0.6) is 0 Å². The highest BCUT2D eigenvalue weighted by Crippen LogP contribution is 2.33. The van der Waals surface area contributed by atoms with Gasteiger partial charge in [0.2, 0.25) is 11.8 Å². The van der Waals surface area contributed by atoms with Crippen LogP contribution in [0.2, 0.25) is 5.02 Å². The third-order valence-corrected chi connectivity index (χ3v) is 4.84. The molecule has 3 rings (SSSR count). The Bertz CT molecular complexity index is 804. The van der Waals surface area contributed by atoms with Gasteiger partial charge in [0.15, 0.2) is 0 Å². The molecule has 0 aliphatic heterocycles. The Hall–Kier alpha value is -2.33. The molecule has 2 amide bonds. The van der Waals surface area contributed by atoms with Crippen LogP contribution < -0.4 is 10.6 Å². The van der Waals surface area contributed by atoms with E-state index >= 15 is 0 Å². The molecule has 2 aromatic rings. The van der Waals surface area contributed by atoms with Gasteiger partial charge in [-0.3, -0.25) is 9.59 Å². The second kappa shape index (κ2) is 7.70. The molecule has 2 N–H and O–H groups in total. The zero-order valence-electron chi connectivity index (χ0n) is 14.1. The number of carbonyl (C=O) groups is 2. The number of rotatable bonds is 4. The summed E-state index contributed by atoms with van der Waals surface area (Å²) in [6.45, 7) is 1.79. The lowest BCUT2D eigenvalue weighted by molar-refractivity contribution is -0.118. The largest absolute Gasteiger partial charge is 0.326 e. The number of amides is 2. The van der Waals surface area contributed by atoms with Crippen molar-refractivity contribution < 1.29 is 9.59 Å². The number of hydrogen-bond acceptors (Lipinski definition) is 2. The van der Waals surface area contributed by atoms with E-state index in [1.807, 2.05) is 18.2 Å². The van der Waals surface area contributed by atoms with E-state index in [1.165, 1.54) is 5.56 Å². The van der Waals surface area contributed by atoms with Crippen molar-refractivity contribution in [3.8, 4) is 0 Å². The van der Waals surface area contributed by atoms with Crippen molar-refractivity contribution in [3.63, 3.8) is 0 Å². The standard InChI is InChI=1S/C20H21ClN2O2/c1-2-19(24)22-14-10-11-17(21)18(12-14)23-20(25)16-9-5-7-13-6-3-4-8-15(13)16/h3-4,6,8,10-12,16H,2,5,7,9H2,1H3,(H,22,24)(H,23,25). The molecule has 1 aliphatic carbocycles. The average Bonchev–Trinajstić information content (AvgIpc) is 2.63. The number of halogens is 1. The Morgan fingerprint density at radius 3 is 2.76 bits per heavy atom. The van der Waals surface area contributed by atoms with Crippen molar-refractivity contribution in [3.05, 3.63) is 58.6 Å². The maximum Gasteiger partial charge on any atom is 0.231 e. The number of hydrogen-bond donors (Lipinski definition) is 2. The van der Waals surface area contributed by atoms with E-state index in [9.17, 15) is 9.59 Å². The van der Waals surface area contributed by atoms with Gasteiger partial charge in [0, 0.05) is 12.1 Å². The van der Waals surface area contributed by atoms with Crippen molar-refractivity contribution in [2.75, 3.05) is 10.6 Å². The van der Waals surface area contributed by atoms with Crippen LogP contribution in [0.3, 0.4) is 0 Å². The molecular formula is C20H21ClN2O2. The lowest BCUT2D eigenvalue weighted by Crippen LogP contribution is -2.25. The van der Waals surface area contributed by atoms with E-state index in [1.54, 1.807) is 25.1 Å². The maximum absolute atomic E-state index is 12.8. The molecule has 1 atom stereocenters. The SMILES string of the molecule is CCC(=O)Nc1ccc(Cl)c(NC(=O)C2CCCc3ccccc32)c1. The smallest absolute Gasteiger partial charge is 0.231 e. The summed E-state index contributed by atoms with van der Waals surface area (Å²) < 4.78 is 0. The topological polar surface area (TPSA) is 58.2 Å². The van der Waals surface area contributed by atoms with Gasteiger partial charge in [0.25, 0.3) is 0 Å². The molecule has 5 heteroatoms. The van der Waals surface area contributed by atoms with Crippen LogP contribution in [-0.4, -0.2) is 11.8 Å². The second-order valence-corrected chi connectivity index (χ2v) is 6.64. The summed E-state index contributed by atoms with van der Waals surface area (Å²) in [4.78, 5) is 24.4. The number of nitrogens with one attached hydrogen (secondary N) is 2. The molecule has 0 saturated heterocycles. The summed E-state index contributed by atoms with van der Waals surface area (Å²) in [7, 11) is 0. The predicted octanol–water partition coefficient (Wildman–Crippen LogP) is 4.75. The van der Waals surface area contributed by atoms with Crippen LogP contribution in [0.15, 0.2) is 42.5 Å². The van der Waals surface area contributed by atoms with Crippen LogP contribution in [0, 0.1) is 0 Å². The van der Waals surface area contributed by atoms with Crippen molar-refractivity contribution in [2.45, 2.75) is 38.5 Å². The molecule has 0 aromatic heterocycles. The second-order valence-electron chi connectivity index (χ2n) is 6.23. The first-order valence-electron chi connectivity index (χ1n) is 8.56. The molecule has 130 valence electrons. The first kappa shape index (κ1) is 17.5. The van der Waals surface area contributed by atoms with Crippen molar-refractivity contribution in [1.82, 2.24) is 0 Å². The van der Waals surface area contributed by atoms with Crippen LogP contribution in [0.1, 0.15) is 43.2 Å². The first-order valence-corrected chi connectivity index (χ1v) is 8.94. The van der Waals surface area contributed by atoms with Gasteiger partial charge in [-0.05, 0) is 48.6 Å². The molecule has 4 nitrogen and oxygen atoms in total. The summed E-state index contributed by atoms with van der Waals surface area (Å²) in [5, 5.41) is 6.16. The Morgan fingerprint density at radius 2 is 1.96 bits per heavy atom. The maximum atomic E-state index is 12.8. The highest BCUT2D eigenvalue weighted by atomic mass is 35.5. The molecular weight excluding hydrogens is 336 g/mol. The van der Waals surface area contributed by atoms with Crippen molar-refractivity contribution in [2.24, 2.45) is 0 Å². The monoisotopic (exact) mass is 356 g/mol. The van der Waals surface area contributed by atoms with Crippen LogP contribution in [0.25, 0.3) is 0 Å². The fourth-order valence-corrected chi connectivity index (χ4v) is 3.36. The Balaban J connectivity index is 1.79. The van der Waals surface area contributed by atoms with E-state index in [4.69, 9.17) is 11.6 Å². The van der Waals surface area contributed by atoms with E-state index in [0.717, 1.165) is 24.8 Å². The molecule has 0 fully saturated rings. The van der Waals surface area contributed by atoms with E-state index < -0.39 is 0 Å². The lowest BCUT2D eigenvalue weighted by Gasteiger charge is -2.25. The molecule has 0 heterocycles. The molecule has 25 heavy (non-hydrogen) atoms. The molecule has 0 saturated carbocycles. The number of aryl methyl sites for hydroxylation is 1. The quantitative estimate of drug-likeness (QED) is 0.830. The summed E-state index contributed by atoms with van der Waals surface area (Å²) in [6.07, 6.45) is 3.23. The minimum Gasteiger partial charge on any atom is -0.326 e. The van der Waals surface area contributed by atoms with E-state index in [0.29, 0.717) is 22.8 Å². The summed E-state index contributed by atoms with van der Waals surface area (Å²) in [6, 6.07) is 13.2. The minimum atomic E-state index is -0.171. The highest BCUT2D eigenvalue weighted by molar-refractivity contribution is 6.34. The van der Waals surface area contributed by atoms with Gasteiger partial charge in [-0.15, -0.1) is 0 Å². The summed E-state index contributed by atoms with van der Waals surface area (Å²) in [5.41, 5.74) is 3.47. The molecule has 0 spiro atoms. The summed E-state index contributed by atoms with van der Waals surface area (Å²) >= 11 is 6.22. The number of benzene rings is 2. The van der Waals surface area contributed by atoms with Crippen LogP contribution >= 0.6 is 11.6 Å². The fourth-order valence-electron chi connectivity index (χ4n) is 3.19. The minimum absolute atomic E-state index is 0.0620. The van der Waals surface area contributed by atoms with Crippen molar-refractivity contribution in [1.29, 1.82) is 0 Å². The van der Waals surface area contributed by atoms with Gasteiger partial charge >= 0.3 is 0 Å². The molecule has 1 unspecified atom stereocenters. The van der Waals surface area contributed by atoms with Gasteiger partial charge in [0.1, 0.15) is 0 Å². The first-order chi connectivity index (χ1) is 12.1. The third-order valence-electron chi connectivity index (χ3n) is 4.52. The zero-order chi connectivity index (χ0) is 17.8. The van der Waals surface area contributed by atoms with Gasteiger partial charge < -0.3 is 10.6 Å². The molecule has 2 aromatic carbocycles. The van der Waals surface area contributed by atoms with Gasteiger partial charge in [0.05, 0.1) is 16.6 Å². The van der Waals surface area contributed by atoms with Gasteiger partial charge in [-0.25, -0.2) is 0 Å². The predicted molar refractivity (Wildman–Crippen MR) is 101 cm³/mol. The van der Waals surface area contributed by atoms with Gasteiger partial charge in [-0.1, -0.05) is 42.8 Å². The van der Waals surface area contributed by atoms with E-state index in [-0.39, 0.29) is 17.7 Å². The Morgan fingerprint density at radius 1 is 1.16 bits per heavy atom. The molecule has 0 radical (unpaired) electrons. The average molecular weight is 357 g/mol. The number of carbonyl (C=O) groups excluding carboxylic acids is 2. The van der Waals surface area contributed by atoms with Crippen LogP contribution in [-0.2, 0) is 16.0 Å². The zero-order valence-corrected chi connectivity index (χ0v) is 14.9. The van der Waals surface area contributed by atoms with Gasteiger partial charge in [-0.2, -0.15) is 0 Å².